The zero-order chi connectivity index (χ0) is 15.9. The van der Waals surface area contributed by atoms with Gasteiger partial charge in [-0.25, -0.2) is 0 Å². The fourth-order valence-electron chi connectivity index (χ4n) is 3.59. The highest BCUT2D eigenvalue weighted by Gasteiger charge is 2.64. The second-order valence-electron chi connectivity index (χ2n) is 5.90. The minimum Gasteiger partial charge on any atom is -0.497 e. The lowest BCUT2D eigenvalue weighted by Gasteiger charge is -2.53. The third-order valence-electron chi connectivity index (χ3n) is 4.68. The largest absolute Gasteiger partial charge is 0.497 e. The SMILES string of the molecule is COc1ccc(N2C(=O)[C@@]3(CCCO3)[C@@H]2c2cccnc2)cc1. The van der Waals surface area contributed by atoms with Gasteiger partial charge in [-0.15, -0.1) is 0 Å². The molecule has 2 aromatic rings. The Hall–Kier alpha value is -2.40. The molecule has 0 radical (unpaired) electrons. The first kappa shape index (κ1) is 14.2. The lowest BCUT2D eigenvalue weighted by atomic mass is 9.76. The fraction of sp³-hybridized carbons (Fsp3) is 0.333. The molecule has 1 aromatic heterocycles. The molecule has 23 heavy (non-hydrogen) atoms. The Labute approximate surface area is 134 Å². The van der Waals surface area contributed by atoms with Crippen molar-refractivity contribution in [1.82, 2.24) is 4.98 Å². The Morgan fingerprint density at radius 1 is 1.30 bits per heavy atom. The van der Waals surface area contributed by atoms with Crippen LogP contribution in [0.4, 0.5) is 5.69 Å². The number of ether oxygens (including phenoxy) is 2. The van der Waals surface area contributed by atoms with Crippen molar-refractivity contribution < 1.29 is 14.3 Å². The Bertz CT molecular complexity index is 709. The Morgan fingerprint density at radius 3 is 2.74 bits per heavy atom. The summed E-state index contributed by atoms with van der Waals surface area (Å²) in [5, 5.41) is 0. The molecular formula is C18H18N2O3. The first-order chi connectivity index (χ1) is 11.3. The summed E-state index contributed by atoms with van der Waals surface area (Å²) < 4.78 is 11.1. The molecule has 0 unspecified atom stereocenters. The van der Waals surface area contributed by atoms with E-state index >= 15 is 0 Å². The van der Waals surface area contributed by atoms with E-state index in [0.29, 0.717) is 6.61 Å². The Morgan fingerprint density at radius 2 is 2.13 bits per heavy atom. The van der Waals surface area contributed by atoms with E-state index in [9.17, 15) is 4.79 Å². The molecule has 2 saturated heterocycles. The standard InChI is InChI=1S/C18H18N2O3/c1-22-15-7-5-14(6-8-15)20-16(13-4-2-10-19-12-13)18(17(20)21)9-3-11-23-18/h2,4-8,10,12,16H,3,9,11H2,1H3/t16-,18+/m0/s1. The average Bonchev–Trinajstić information content (AvgIpc) is 3.12. The van der Waals surface area contributed by atoms with Crippen molar-refractivity contribution in [2.75, 3.05) is 18.6 Å². The molecule has 118 valence electrons. The van der Waals surface area contributed by atoms with Crippen molar-refractivity contribution >= 4 is 11.6 Å². The topological polar surface area (TPSA) is 51.7 Å². The minimum absolute atomic E-state index is 0.0361. The number of carbonyl (C=O) groups excluding carboxylic acids is 1. The van der Waals surface area contributed by atoms with Gasteiger partial charge in [0.25, 0.3) is 5.91 Å². The molecule has 2 atom stereocenters. The summed E-state index contributed by atoms with van der Waals surface area (Å²) in [5.41, 5.74) is 1.14. The summed E-state index contributed by atoms with van der Waals surface area (Å²) in [6.45, 7) is 0.638. The maximum atomic E-state index is 12.9. The number of rotatable bonds is 3. The summed E-state index contributed by atoms with van der Waals surface area (Å²) in [6, 6.07) is 11.3. The number of aromatic nitrogens is 1. The van der Waals surface area contributed by atoms with Gasteiger partial charge in [0, 0.05) is 24.7 Å². The van der Waals surface area contributed by atoms with E-state index in [1.165, 1.54) is 0 Å². The number of anilines is 1. The molecule has 5 heteroatoms. The number of pyridine rings is 1. The first-order valence-electron chi connectivity index (χ1n) is 7.78. The van der Waals surface area contributed by atoms with Gasteiger partial charge in [-0.3, -0.25) is 14.7 Å². The molecule has 2 aliphatic heterocycles. The van der Waals surface area contributed by atoms with E-state index in [-0.39, 0.29) is 11.9 Å². The third-order valence-corrected chi connectivity index (χ3v) is 4.68. The van der Waals surface area contributed by atoms with Crippen LogP contribution in [0.5, 0.6) is 5.75 Å². The highest BCUT2D eigenvalue weighted by atomic mass is 16.5. The number of nitrogens with zero attached hydrogens (tertiary/aromatic N) is 2. The normalized spacial score (nSPS) is 26.4. The molecule has 0 aliphatic carbocycles. The van der Waals surface area contributed by atoms with E-state index < -0.39 is 5.60 Å². The second kappa shape index (κ2) is 5.35. The van der Waals surface area contributed by atoms with Crippen LogP contribution >= 0.6 is 0 Å². The number of benzene rings is 1. The van der Waals surface area contributed by atoms with Gasteiger partial charge in [-0.05, 0) is 48.7 Å². The number of hydrogen-bond donors (Lipinski definition) is 0. The molecule has 1 aromatic carbocycles. The van der Waals surface area contributed by atoms with E-state index in [4.69, 9.17) is 9.47 Å². The lowest BCUT2D eigenvalue weighted by Crippen LogP contribution is -2.68. The van der Waals surface area contributed by atoms with Gasteiger partial charge in [-0.2, -0.15) is 0 Å². The monoisotopic (exact) mass is 310 g/mol. The highest BCUT2D eigenvalue weighted by Crippen LogP contribution is 2.52. The van der Waals surface area contributed by atoms with E-state index in [1.54, 1.807) is 13.3 Å². The van der Waals surface area contributed by atoms with Crippen LogP contribution in [0.3, 0.4) is 0 Å². The summed E-state index contributed by atoms with van der Waals surface area (Å²) in [5.74, 6) is 0.806. The number of methoxy groups -OCH3 is 1. The molecule has 1 spiro atoms. The fourth-order valence-corrected chi connectivity index (χ4v) is 3.59. The third kappa shape index (κ3) is 2.04. The van der Waals surface area contributed by atoms with Crippen molar-refractivity contribution in [3.8, 4) is 5.75 Å². The van der Waals surface area contributed by atoms with Gasteiger partial charge in [0.05, 0.1) is 7.11 Å². The smallest absolute Gasteiger partial charge is 0.262 e. The number of carbonyl (C=O) groups is 1. The zero-order valence-electron chi connectivity index (χ0n) is 12.9. The van der Waals surface area contributed by atoms with Crippen LogP contribution in [-0.4, -0.2) is 30.2 Å². The van der Waals surface area contributed by atoms with Crippen molar-refractivity contribution in [1.29, 1.82) is 0 Å². The summed E-state index contributed by atoms with van der Waals surface area (Å²) in [6.07, 6.45) is 5.23. The molecule has 0 bridgehead atoms. The van der Waals surface area contributed by atoms with Crippen molar-refractivity contribution in [2.45, 2.75) is 24.5 Å². The molecule has 0 N–H and O–H groups in total. The predicted octanol–water partition coefficient (Wildman–Crippen LogP) is 2.73. The highest BCUT2D eigenvalue weighted by molar-refractivity contribution is 6.08. The summed E-state index contributed by atoms with van der Waals surface area (Å²) in [4.78, 5) is 18.9. The van der Waals surface area contributed by atoms with Crippen LogP contribution in [0, 0.1) is 0 Å². The van der Waals surface area contributed by atoms with Gasteiger partial charge in [0.15, 0.2) is 5.60 Å². The van der Waals surface area contributed by atoms with Crippen molar-refractivity contribution in [2.24, 2.45) is 0 Å². The van der Waals surface area contributed by atoms with Gasteiger partial charge >= 0.3 is 0 Å². The van der Waals surface area contributed by atoms with Crippen LogP contribution < -0.4 is 9.64 Å². The predicted molar refractivity (Wildman–Crippen MR) is 85.4 cm³/mol. The van der Waals surface area contributed by atoms with Gasteiger partial charge in [0.1, 0.15) is 11.8 Å². The minimum atomic E-state index is -0.719. The van der Waals surface area contributed by atoms with Crippen molar-refractivity contribution in [3.63, 3.8) is 0 Å². The van der Waals surface area contributed by atoms with Crippen LogP contribution in [0.1, 0.15) is 24.4 Å². The summed E-state index contributed by atoms with van der Waals surface area (Å²) >= 11 is 0. The Kier molecular flexibility index (Phi) is 3.31. The first-order valence-corrected chi connectivity index (χ1v) is 7.78. The van der Waals surface area contributed by atoms with Gasteiger partial charge < -0.3 is 9.47 Å². The second-order valence-corrected chi connectivity index (χ2v) is 5.90. The molecule has 2 aliphatic rings. The van der Waals surface area contributed by atoms with Crippen LogP contribution in [-0.2, 0) is 9.53 Å². The molecule has 4 rings (SSSR count). The van der Waals surface area contributed by atoms with Gasteiger partial charge in [-0.1, -0.05) is 6.07 Å². The lowest BCUT2D eigenvalue weighted by molar-refractivity contribution is -0.156. The number of hydrogen-bond acceptors (Lipinski definition) is 4. The number of β-lactam (4-membered cyclic amide) rings is 1. The number of amides is 1. The maximum absolute atomic E-state index is 12.9. The van der Waals surface area contributed by atoms with E-state index in [2.05, 4.69) is 4.98 Å². The van der Waals surface area contributed by atoms with Crippen LogP contribution in [0.25, 0.3) is 0 Å². The summed E-state index contributed by atoms with van der Waals surface area (Å²) in [7, 11) is 1.63. The molecule has 5 nitrogen and oxygen atoms in total. The van der Waals surface area contributed by atoms with E-state index in [0.717, 1.165) is 29.8 Å². The zero-order valence-corrected chi connectivity index (χ0v) is 12.9. The average molecular weight is 310 g/mol. The molecule has 2 fully saturated rings. The van der Waals surface area contributed by atoms with Crippen LogP contribution in [0.2, 0.25) is 0 Å². The molecule has 1 amide bonds. The molecular weight excluding hydrogens is 292 g/mol. The maximum Gasteiger partial charge on any atom is 0.262 e. The van der Waals surface area contributed by atoms with E-state index in [1.807, 2.05) is 47.5 Å². The van der Waals surface area contributed by atoms with Crippen LogP contribution in [0.15, 0.2) is 48.8 Å². The molecule has 0 saturated carbocycles. The van der Waals surface area contributed by atoms with Gasteiger partial charge in [0.2, 0.25) is 0 Å². The Balaban J connectivity index is 1.74. The van der Waals surface area contributed by atoms with Crippen molar-refractivity contribution in [3.05, 3.63) is 54.4 Å². The quantitative estimate of drug-likeness (QED) is 0.818. The molecule has 3 heterocycles.